The van der Waals surface area contributed by atoms with Crippen LogP contribution in [0.5, 0.6) is 0 Å². The van der Waals surface area contributed by atoms with Crippen molar-refractivity contribution in [3.8, 4) is 0 Å². The number of aliphatic imine (C=N–C) groups is 1. The first-order valence-electron chi connectivity index (χ1n) is 8.41. The highest BCUT2D eigenvalue weighted by Gasteiger charge is 2.25. The molecule has 2 amide bonds. The maximum Gasteiger partial charge on any atom is 0.407 e. The standard InChI is InChI=1S/C17H22N6O3/c1-22(2)10-20-16(24)13-8-19-15-12(5-6-18-15)14(13)21-11-4-3-7-23(9-11)17(25)26/h5-6,8,10-11H,3-4,7,9H2,1-2H3,(H,25,26)(H2,18,19,21)/b20-10+/t11-/m1/s1. The van der Waals surface area contributed by atoms with E-state index >= 15 is 0 Å². The molecule has 0 spiro atoms. The number of hydrogen-bond donors (Lipinski definition) is 3. The summed E-state index contributed by atoms with van der Waals surface area (Å²) >= 11 is 0. The average Bonchev–Trinajstić information content (AvgIpc) is 3.09. The fourth-order valence-corrected chi connectivity index (χ4v) is 3.04. The van der Waals surface area contributed by atoms with E-state index in [2.05, 4.69) is 20.3 Å². The number of nitrogens with zero attached hydrogens (tertiary/aromatic N) is 4. The second-order valence-electron chi connectivity index (χ2n) is 6.51. The zero-order valence-electron chi connectivity index (χ0n) is 14.8. The fraction of sp³-hybridized carbons (Fsp3) is 0.412. The van der Waals surface area contributed by atoms with Crippen LogP contribution in [0.4, 0.5) is 10.5 Å². The van der Waals surface area contributed by atoms with Gasteiger partial charge in [-0.05, 0) is 18.9 Å². The molecule has 0 aromatic carbocycles. The van der Waals surface area contributed by atoms with Crippen molar-refractivity contribution in [1.82, 2.24) is 19.8 Å². The van der Waals surface area contributed by atoms with Crippen LogP contribution in [0.2, 0.25) is 0 Å². The van der Waals surface area contributed by atoms with E-state index in [1.54, 1.807) is 25.2 Å². The number of likely N-dealkylation sites (tertiary alicyclic amines) is 1. The first-order valence-corrected chi connectivity index (χ1v) is 8.41. The lowest BCUT2D eigenvalue weighted by Gasteiger charge is -2.32. The van der Waals surface area contributed by atoms with E-state index in [0.717, 1.165) is 18.2 Å². The third kappa shape index (κ3) is 3.76. The van der Waals surface area contributed by atoms with Gasteiger partial charge in [0.1, 0.15) is 5.65 Å². The Morgan fingerprint density at radius 3 is 3.04 bits per heavy atom. The Balaban J connectivity index is 1.92. The van der Waals surface area contributed by atoms with Crippen molar-refractivity contribution in [2.45, 2.75) is 18.9 Å². The molecule has 1 atom stereocenters. The highest BCUT2D eigenvalue weighted by atomic mass is 16.4. The van der Waals surface area contributed by atoms with E-state index in [9.17, 15) is 14.7 Å². The number of hydrogen-bond acceptors (Lipinski definition) is 4. The van der Waals surface area contributed by atoms with Gasteiger partial charge >= 0.3 is 6.09 Å². The van der Waals surface area contributed by atoms with Gasteiger partial charge in [0.25, 0.3) is 5.91 Å². The summed E-state index contributed by atoms with van der Waals surface area (Å²) in [5, 5.41) is 13.4. The van der Waals surface area contributed by atoms with Gasteiger partial charge in [0.15, 0.2) is 0 Å². The van der Waals surface area contributed by atoms with Gasteiger partial charge < -0.3 is 25.2 Å². The minimum Gasteiger partial charge on any atom is -0.465 e. The largest absolute Gasteiger partial charge is 0.465 e. The van der Waals surface area contributed by atoms with Crippen LogP contribution in [0, 0.1) is 0 Å². The maximum atomic E-state index is 12.5. The number of carboxylic acid groups (broad SMARTS) is 1. The van der Waals surface area contributed by atoms with E-state index in [1.165, 1.54) is 17.4 Å². The van der Waals surface area contributed by atoms with E-state index < -0.39 is 12.0 Å². The first-order chi connectivity index (χ1) is 12.5. The predicted octanol–water partition coefficient (Wildman–Crippen LogP) is 1.85. The molecule has 0 aliphatic carbocycles. The molecule has 1 aliphatic heterocycles. The lowest BCUT2D eigenvalue weighted by molar-refractivity contribution is 0.100. The van der Waals surface area contributed by atoms with Crippen LogP contribution in [0.1, 0.15) is 23.2 Å². The van der Waals surface area contributed by atoms with Crippen LogP contribution in [0.3, 0.4) is 0 Å². The van der Waals surface area contributed by atoms with Crippen LogP contribution < -0.4 is 5.32 Å². The summed E-state index contributed by atoms with van der Waals surface area (Å²) in [5.74, 6) is -0.400. The van der Waals surface area contributed by atoms with Gasteiger partial charge in [-0.2, -0.15) is 4.99 Å². The monoisotopic (exact) mass is 358 g/mol. The summed E-state index contributed by atoms with van der Waals surface area (Å²) in [6, 6.07) is 1.76. The number of anilines is 1. The van der Waals surface area contributed by atoms with Crippen LogP contribution in [0.15, 0.2) is 23.5 Å². The molecule has 9 heteroatoms. The zero-order chi connectivity index (χ0) is 18.7. The number of H-pyrrole nitrogens is 1. The summed E-state index contributed by atoms with van der Waals surface area (Å²) < 4.78 is 0. The van der Waals surface area contributed by atoms with Crippen LogP contribution in [-0.2, 0) is 0 Å². The Morgan fingerprint density at radius 1 is 1.50 bits per heavy atom. The Labute approximate surface area is 150 Å². The predicted molar refractivity (Wildman–Crippen MR) is 98.8 cm³/mol. The van der Waals surface area contributed by atoms with Gasteiger partial charge in [-0.3, -0.25) is 4.79 Å². The molecule has 0 bridgehead atoms. The summed E-state index contributed by atoms with van der Waals surface area (Å²) in [6.07, 6.45) is 5.36. The minimum atomic E-state index is -0.926. The van der Waals surface area contributed by atoms with Crippen molar-refractivity contribution in [1.29, 1.82) is 0 Å². The molecule has 9 nitrogen and oxygen atoms in total. The fourth-order valence-electron chi connectivity index (χ4n) is 3.04. The molecule has 2 aromatic rings. The molecule has 0 unspecified atom stereocenters. The lowest BCUT2D eigenvalue weighted by atomic mass is 10.0. The van der Waals surface area contributed by atoms with E-state index in [4.69, 9.17) is 0 Å². The number of carbonyl (C=O) groups is 2. The van der Waals surface area contributed by atoms with Crippen molar-refractivity contribution in [3.63, 3.8) is 0 Å². The van der Waals surface area contributed by atoms with Gasteiger partial charge in [0.2, 0.25) is 0 Å². The van der Waals surface area contributed by atoms with Gasteiger partial charge in [-0.15, -0.1) is 0 Å². The number of piperidine rings is 1. The number of aromatic nitrogens is 2. The third-order valence-corrected chi connectivity index (χ3v) is 4.26. The SMILES string of the molecule is CN(C)/C=N/C(=O)c1cnc2[nH]ccc2c1N[C@@H]1CCCN(C(=O)O)C1. The number of fused-ring (bicyclic) bond motifs is 1. The number of nitrogens with one attached hydrogen (secondary N) is 2. The molecule has 1 saturated heterocycles. The smallest absolute Gasteiger partial charge is 0.407 e. The second-order valence-corrected chi connectivity index (χ2v) is 6.51. The molecule has 0 saturated carbocycles. The van der Waals surface area contributed by atoms with E-state index in [1.807, 2.05) is 6.07 Å². The van der Waals surface area contributed by atoms with Crippen molar-refractivity contribution in [2.75, 3.05) is 32.5 Å². The Kier molecular flexibility index (Phi) is 5.06. The molecule has 3 rings (SSSR count). The molecule has 3 heterocycles. The molecule has 0 radical (unpaired) electrons. The molecule has 1 aliphatic rings. The third-order valence-electron chi connectivity index (χ3n) is 4.26. The van der Waals surface area contributed by atoms with Gasteiger partial charge in [-0.25, -0.2) is 9.78 Å². The molecule has 1 fully saturated rings. The number of amides is 2. The zero-order valence-corrected chi connectivity index (χ0v) is 14.8. The molecule has 138 valence electrons. The molecule has 3 N–H and O–H groups in total. The van der Waals surface area contributed by atoms with Crippen molar-refractivity contribution in [2.24, 2.45) is 4.99 Å². The maximum absolute atomic E-state index is 12.5. The number of aromatic amines is 1. The average molecular weight is 358 g/mol. The van der Waals surface area contributed by atoms with Gasteiger partial charge in [0.05, 0.1) is 17.6 Å². The summed E-state index contributed by atoms with van der Waals surface area (Å²) in [4.78, 5) is 38.1. The van der Waals surface area contributed by atoms with E-state index in [-0.39, 0.29) is 6.04 Å². The minimum absolute atomic E-state index is 0.0790. The van der Waals surface area contributed by atoms with Crippen LogP contribution in [0.25, 0.3) is 11.0 Å². The number of rotatable bonds is 4. The number of carbonyl (C=O) groups excluding carboxylic acids is 1. The first kappa shape index (κ1) is 17.7. The van der Waals surface area contributed by atoms with Gasteiger partial charge in [0, 0.05) is 51.0 Å². The van der Waals surface area contributed by atoms with Crippen molar-refractivity contribution in [3.05, 3.63) is 24.0 Å². The highest BCUT2D eigenvalue weighted by molar-refractivity contribution is 6.08. The van der Waals surface area contributed by atoms with E-state index in [0.29, 0.717) is 30.0 Å². The molecule has 2 aromatic heterocycles. The van der Waals surface area contributed by atoms with Crippen LogP contribution in [-0.4, -0.2) is 76.4 Å². The molecular weight excluding hydrogens is 336 g/mol. The highest BCUT2D eigenvalue weighted by Crippen LogP contribution is 2.28. The van der Waals surface area contributed by atoms with Crippen molar-refractivity contribution < 1.29 is 14.7 Å². The summed E-state index contributed by atoms with van der Waals surface area (Å²) in [6.45, 7) is 0.903. The quantitative estimate of drug-likeness (QED) is 0.568. The normalized spacial score (nSPS) is 17.6. The Hall–Kier alpha value is -3.10. The van der Waals surface area contributed by atoms with Crippen molar-refractivity contribution >= 4 is 35.1 Å². The summed E-state index contributed by atoms with van der Waals surface area (Å²) in [7, 11) is 3.57. The Bertz CT molecular complexity index is 844. The number of pyridine rings is 1. The lowest BCUT2D eigenvalue weighted by Crippen LogP contribution is -2.44. The molecular formula is C17H22N6O3. The summed E-state index contributed by atoms with van der Waals surface area (Å²) in [5.41, 5.74) is 1.66. The van der Waals surface area contributed by atoms with Crippen LogP contribution >= 0.6 is 0 Å². The van der Waals surface area contributed by atoms with Gasteiger partial charge in [-0.1, -0.05) is 0 Å². The molecule has 26 heavy (non-hydrogen) atoms. The second kappa shape index (κ2) is 7.42. The topological polar surface area (TPSA) is 114 Å². The Morgan fingerprint density at radius 2 is 2.31 bits per heavy atom.